The normalized spacial score (nSPS) is 18.4. The average molecular weight is 461 g/mol. The van der Waals surface area contributed by atoms with E-state index in [1.165, 1.54) is 0 Å². The number of fused-ring (bicyclic) bond motifs is 3. The van der Waals surface area contributed by atoms with Crippen LogP contribution in [-0.4, -0.2) is 34.3 Å². The lowest BCUT2D eigenvalue weighted by molar-refractivity contribution is -0.136. The first kappa shape index (κ1) is 23.5. The van der Waals surface area contributed by atoms with Crippen LogP contribution in [0, 0.1) is 12.8 Å². The summed E-state index contributed by atoms with van der Waals surface area (Å²) >= 11 is 0. The highest BCUT2D eigenvalue weighted by molar-refractivity contribution is 5.96. The lowest BCUT2D eigenvalue weighted by Crippen LogP contribution is -2.64. The molecule has 0 aliphatic heterocycles. The molecule has 178 valence electrons. The number of aryl methyl sites for hydroxylation is 2. The Hall–Kier alpha value is -3.61. The molecule has 0 radical (unpaired) electrons. The second kappa shape index (κ2) is 9.33. The van der Waals surface area contributed by atoms with Gasteiger partial charge in [-0.3, -0.25) is 14.4 Å². The van der Waals surface area contributed by atoms with Crippen LogP contribution >= 0.6 is 0 Å². The highest BCUT2D eigenvalue weighted by atomic mass is 16.2. The first-order valence-electron chi connectivity index (χ1n) is 11.7. The van der Waals surface area contributed by atoms with Gasteiger partial charge < -0.3 is 21.4 Å². The molecule has 7 nitrogen and oxygen atoms in total. The zero-order valence-corrected chi connectivity index (χ0v) is 19.9. The second-order valence-corrected chi connectivity index (χ2v) is 9.70. The molecule has 7 heteroatoms. The lowest BCUT2D eigenvalue weighted by Gasteiger charge is -2.38. The van der Waals surface area contributed by atoms with E-state index in [2.05, 4.69) is 15.6 Å². The summed E-state index contributed by atoms with van der Waals surface area (Å²) in [6.07, 6.45) is 1.52. The van der Waals surface area contributed by atoms with Gasteiger partial charge in [0, 0.05) is 23.0 Å². The monoisotopic (exact) mass is 460 g/mol. The van der Waals surface area contributed by atoms with E-state index in [0.717, 1.165) is 33.3 Å². The SMILES string of the molecule is Cc1cccc(CC(=O)N[C@]2(C(=O)N[C@H](C(N)=O)C(C)C)CCc3[nH]c4ccccc4c3C2)c1. The summed E-state index contributed by atoms with van der Waals surface area (Å²) in [4.78, 5) is 42.3. The smallest absolute Gasteiger partial charge is 0.246 e. The Labute approximate surface area is 199 Å². The van der Waals surface area contributed by atoms with Gasteiger partial charge >= 0.3 is 0 Å². The van der Waals surface area contributed by atoms with E-state index in [-0.39, 0.29) is 24.2 Å². The Morgan fingerprint density at radius 3 is 2.59 bits per heavy atom. The van der Waals surface area contributed by atoms with Crippen LogP contribution in [0.1, 0.15) is 42.7 Å². The molecular weight excluding hydrogens is 428 g/mol. The highest BCUT2D eigenvalue weighted by Crippen LogP contribution is 2.34. The maximum Gasteiger partial charge on any atom is 0.246 e. The van der Waals surface area contributed by atoms with Crippen LogP contribution in [0.2, 0.25) is 0 Å². The number of amides is 3. The number of para-hydroxylation sites is 1. The average Bonchev–Trinajstić information content (AvgIpc) is 3.14. The number of nitrogens with two attached hydrogens (primary N) is 1. The number of nitrogens with one attached hydrogen (secondary N) is 3. The van der Waals surface area contributed by atoms with Gasteiger partial charge in [-0.1, -0.05) is 61.9 Å². The first-order chi connectivity index (χ1) is 16.2. The van der Waals surface area contributed by atoms with Gasteiger partial charge in [0.05, 0.1) is 6.42 Å². The van der Waals surface area contributed by atoms with Crippen LogP contribution in [0.3, 0.4) is 0 Å². The number of rotatable bonds is 7. The van der Waals surface area contributed by atoms with Crippen molar-refractivity contribution in [3.8, 4) is 0 Å². The predicted molar refractivity (Wildman–Crippen MR) is 132 cm³/mol. The van der Waals surface area contributed by atoms with E-state index in [0.29, 0.717) is 19.3 Å². The van der Waals surface area contributed by atoms with Crippen molar-refractivity contribution in [2.75, 3.05) is 0 Å². The van der Waals surface area contributed by atoms with E-state index in [1.807, 2.05) is 69.3 Å². The summed E-state index contributed by atoms with van der Waals surface area (Å²) in [5, 5.41) is 6.94. The van der Waals surface area contributed by atoms with E-state index in [1.54, 1.807) is 0 Å². The van der Waals surface area contributed by atoms with Crippen LogP contribution in [0.25, 0.3) is 10.9 Å². The third-order valence-corrected chi connectivity index (χ3v) is 6.70. The maximum atomic E-state index is 13.7. The molecule has 0 saturated heterocycles. The number of aromatic amines is 1. The number of primary amides is 1. The topological polar surface area (TPSA) is 117 Å². The number of H-pyrrole nitrogens is 1. The molecule has 0 unspecified atom stereocenters. The van der Waals surface area contributed by atoms with Gasteiger partial charge in [0.2, 0.25) is 17.7 Å². The van der Waals surface area contributed by atoms with Gasteiger partial charge in [-0.05, 0) is 42.9 Å². The van der Waals surface area contributed by atoms with Crippen LogP contribution in [0.15, 0.2) is 48.5 Å². The minimum Gasteiger partial charge on any atom is -0.368 e. The molecule has 3 aromatic rings. The van der Waals surface area contributed by atoms with Gasteiger partial charge in [-0.2, -0.15) is 0 Å². The Morgan fingerprint density at radius 1 is 1.12 bits per heavy atom. The Kier molecular flexibility index (Phi) is 6.46. The third-order valence-electron chi connectivity index (χ3n) is 6.70. The van der Waals surface area contributed by atoms with E-state index < -0.39 is 17.5 Å². The van der Waals surface area contributed by atoms with Crippen LogP contribution in [-0.2, 0) is 33.6 Å². The fourth-order valence-electron chi connectivity index (χ4n) is 4.92. The van der Waals surface area contributed by atoms with Crippen LogP contribution in [0.5, 0.6) is 0 Å². The minimum absolute atomic E-state index is 0.168. The van der Waals surface area contributed by atoms with Crippen molar-refractivity contribution in [2.45, 2.75) is 58.0 Å². The zero-order chi connectivity index (χ0) is 24.5. The van der Waals surface area contributed by atoms with Gasteiger partial charge in [0.1, 0.15) is 11.6 Å². The zero-order valence-electron chi connectivity index (χ0n) is 19.9. The summed E-state index contributed by atoms with van der Waals surface area (Å²) in [5.41, 5.74) is 9.44. The number of hydrogen-bond donors (Lipinski definition) is 4. The molecule has 2 aromatic carbocycles. The van der Waals surface area contributed by atoms with E-state index >= 15 is 0 Å². The fraction of sp³-hybridized carbons (Fsp3) is 0.370. The summed E-state index contributed by atoms with van der Waals surface area (Å²) in [5.74, 6) is -1.37. The third kappa shape index (κ3) is 4.69. The summed E-state index contributed by atoms with van der Waals surface area (Å²) < 4.78 is 0. The quantitative estimate of drug-likeness (QED) is 0.434. The van der Waals surface area contributed by atoms with E-state index in [4.69, 9.17) is 5.73 Å². The Morgan fingerprint density at radius 2 is 1.88 bits per heavy atom. The summed E-state index contributed by atoms with van der Waals surface area (Å²) in [6.45, 7) is 5.64. The second-order valence-electron chi connectivity index (χ2n) is 9.70. The fourth-order valence-corrected chi connectivity index (χ4v) is 4.92. The molecule has 1 aromatic heterocycles. The molecule has 4 rings (SSSR count). The van der Waals surface area contributed by atoms with Gasteiger partial charge in [0.25, 0.3) is 0 Å². The molecular formula is C27H32N4O3. The molecule has 34 heavy (non-hydrogen) atoms. The minimum atomic E-state index is -1.18. The van der Waals surface area contributed by atoms with Crippen molar-refractivity contribution >= 4 is 28.6 Å². The van der Waals surface area contributed by atoms with Crippen molar-refractivity contribution in [1.29, 1.82) is 0 Å². The lowest BCUT2D eigenvalue weighted by atomic mass is 9.78. The largest absolute Gasteiger partial charge is 0.368 e. The van der Waals surface area contributed by atoms with Gasteiger partial charge in [-0.25, -0.2) is 0 Å². The molecule has 0 fully saturated rings. The molecule has 1 heterocycles. The highest BCUT2D eigenvalue weighted by Gasteiger charge is 2.45. The summed E-state index contributed by atoms with van der Waals surface area (Å²) in [7, 11) is 0. The molecule has 0 saturated carbocycles. The first-order valence-corrected chi connectivity index (χ1v) is 11.7. The Balaban J connectivity index is 1.67. The number of aromatic nitrogens is 1. The number of carbonyl (C=O) groups is 3. The van der Waals surface area contributed by atoms with Gasteiger partial charge in [0.15, 0.2) is 0 Å². The molecule has 2 atom stereocenters. The van der Waals surface area contributed by atoms with Crippen LogP contribution < -0.4 is 16.4 Å². The van der Waals surface area contributed by atoms with Crippen molar-refractivity contribution in [3.63, 3.8) is 0 Å². The summed E-state index contributed by atoms with van der Waals surface area (Å²) in [6, 6.07) is 14.9. The maximum absolute atomic E-state index is 13.7. The molecule has 0 bridgehead atoms. The van der Waals surface area contributed by atoms with Gasteiger partial charge in [-0.15, -0.1) is 0 Å². The van der Waals surface area contributed by atoms with Crippen LogP contribution in [0.4, 0.5) is 0 Å². The van der Waals surface area contributed by atoms with Crippen molar-refractivity contribution in [2.24, 2.45) is 11.7 Å². The number of benzene rings is 2. The van der Waals surface area contributed by atoms with Crippen molar-refractivity contribution in [3.05, 3.63) is 70.9 Å². The molecule has 1 aliphatic rings. The molecule has 3 amide bonds. The van der Waals surface area contributed by atoms with Crippen molar-refractivity contribution in [1.82, 2.24) is 15.6 Å². The Bertz CT molecular complexity index is 1250. The van der Waals surface area contributed by atoms with Crippen molar-refractivity contribution < 1.29 is 14.4 Å². The standard InChI is InChI=1S/C27H32N4O3/c1-16(2)24(25(28)33)30-26(34)27(31-23(32)14-18-8-6-7-17(3)13-18)12-11-22-20(15-27)19-9-4-5-10-21(19)29-22/h4-10,13,16,24,29H,11-12,14-15H2,1-3H3,(H2,28,33)(H,30,34)(H,31,32)/t24-,27+/m0/s1. The molecule has 1 aliphatic carbocycles. The predicted octanol–water partition coefficient (Wildman–Crippen LogP) is 2.69. The number of carbonyl (C=O) groups excluding carboxylic acids is 3. The number of hydrogen-bond acceptors (Lipinski definition) is 3. The van der Waals surface area contributed by atoms with E-state index in [9.17, 15) is 14.4 Å². The molecule has 5 N–H and O–H groups in total. The molecule has 0 spiro atoms.